The molecule has 1 N–H and O–H groups in total. The van der Waals surface area contributed by atoms with E-state index in [1.54, 1.807) is 7.11 Å². The molecule has 1 aliphatic heterocycles. The van der Waals surface area contributed by atoms with Gasteiger partial charge in [0.2, 0.25) is 0 Å². The number of rotatable bonds is 5. The average molecular weight is 330 g/mol. The molecule has 1 aromatic carbocycles. The van der Waals surface area contributed by atoms with Crippen molar-refractivity contribution in [3.05, 3.63) is 36.0 Å². The van der Waals surface area contributed by atoms with Gasteiger partial charge in [-0.1, -0.05) is 0 Å². The Morgan fingerprint density at radius 2 is 2.25 bits per heavy atom. The van der Waals surface area contributed by atoms with Crippen LogP contribution in [-0.2, 0) is 16.0 Å². The Morgan fingerprint density at radius 3 is 3.00 bits per heavy atom. The number of carbonyl (C=O) groups is 1. The number of amides is 1. The van der Waals surface area contributed by atoms with Gasteiger partial charge in [0.25, 0.3) is 5.91 Å². The number of hydrogen-bond donors (Lipinski definition) is 1. The van der Waals surface area contributed by atoms with E-state index in [0.717, 1.165) is 30.3 Å². The summed E-state index contributed by atoms with van der Waals surface area (Å²) in [5, 5.41) is 4.23. The fourth-order valence-corrected chi connectivity index (χ4v) is 3.35. The minimum absolute atomic E-state index is 0.00996. The van der Waals surface area contributed by atoms with E-state index < -0.39 is 0 Å². The summed E-state index contributed by atoms with van der Waals surface area (Å²) < 4.78 is 13.0. The first kappa shape index (κ1) is 17.0. The van der Waals surface area contributed by atoms with Gasteiger partial charge in [0, 0.05) is 49.0 Å². The number of hydrogen-bond acceptors (Lipinski definition) is 3. The van der Waals surface area contributed by atoms with Crippen molar-refractivity contribution in [3.63, 3.8) is 0 Å². The van der Waals surface area contributed by atoms with Gasteiger partial charge in [-0.05, 0) is 51.0 Å². The van der Waals surface area contributed by atoms with Gasteiger partial charge in [-0.25, -0.2) is 0 Å². The summed E-state index contributed by atoms with van der Waals surface area (Å²) in [6.45, 7) is 6.31. The molecule has 0 saturated carbocycles. The van der Waals surface area contributed by atoms with Gasteiger partial charge in [-0.3, -0.25) is 4.79 Å². The maximum absolute atomic E-state index is 12.6. The zero-order valence-corrected chi connectivity index (χ0v) is 14.7. The molecule has 1 saturated heterocycles. The lowest BCUT2D eigenvalue weighted by atomic mass is 9.93. The minimum Gasteiger partial charge on any atom is -0.383 e. The Balaban J connectivity index is 1.71. The number of ether oxygens (including phenoxy) is 2. The Bertz CT molecular complexity index is 720. The van der Waals surface area contributed by atoms with Crippen LogP contribution < -0.4 is 5.32 Å². The largest absolute Gasteiger partial charge is 0.383 e. The van der Waals surface area contributed by atoms with E-state index in [0.29, 0.717) is 18.8 Å². The topological polar surface area (TPSA) is 52.5 Å². The summed E-state index contributed by atoms with van der Waals surface area (Å²) in [7, 11) is 1.70. The predicted octanol–water partition coefficient (Wildman–Crippen LogP) is 2.98. The molecule has 1 aromatic heterocycles. The fourth-order valence-electron chi connectivity index (χ4n) is 3.35. The molecule has 1 aliphatic rings. The summed E-state index contributed by atoms with van der Waals surface area (Å²) >= 11 is 0. The smallest absolute Gasteiger partial charge is 0.251 e. The van der Waals surface area contributed by atoms with Crippen molar-refractivity contribution in [1.29, 1.82) is 0 Å². The molecule has 0 unspecified atom stereocenters. The third-order valence-electron chi connectivity index (χ3n) is 4.60. The third kappa shape index (κ3) is 3.79. The molecule has 1 atom stereocenters. The molecule has 24 heavy (non-hydrogen) atoms. The van der Waals surface area contributed by atoms with Crippen LogP contribution in [0.25, 0.3) is 10.9 Å². The molecule has 5 nitrogen and oxygen atoms in total. The standard InChI is InChI=1S/C19H26N2O3/c1-19(2)13-16(7-10-24-19)20-18(22)15-4-5-17-14(12-15)6-8-21(17)9-11-23-3/h4-6,8,12,16H,7,9-11,13H2,1-3H3,(H,20,22)/t16-/m1/s1. The van der Waals surface area contributed by atoms with E-state index in [1.807, 2.05) is 30.5 Å². The number of benzene rings is 1. The highest BCUT2D eigenvalue weighted by molar-refractivity contribution is 5.98. The van der Waals surface area contributed by atoms with Crippen LogP contribution >= 0.6 is 0 Å². The molecule has 2 aromatic rings. The summed E-state index contributed by atoms with van der Waals surface area (Å²) in [6.07, 6.45) is 3.74. The third-order valence-corrected chi connectivity index (χ3v) is 4.60. The van der Waals surface area contributed by atoms with Gasteiger partial charge in [0.05, 0.1) is 12.2 Å². The van der Waals surface area contributed by atoms with E-state index in [1.165, 1.54) is 0 Å². The molecule has 130 valence electrons. The van der Waals surface area contributed by atoms with Crippen molar-refractivity contribution in [2.24, 2.45) is 0 Å². The second-order valence-corrected chi connectivity index (χ2v) is 7.05. The SMILES string of the molecule is COCCn1ccc2cc(C(=O)N[C@@H]3CCOC(C)(C)C3)ccc21. The molecular formula is C19H26N2O3. The Kier molecular flexibility index (Phi) is 4.92. The molecule has 0 aliphatic carbocycles. The van der Waals surface area contributed by atoms with Crippen molar-refractivity contribution in [3.8, 4) is 0 Å². The lowest BCUT2D eigenvalue weighted by Crippen LogP contribution is -2.45. The summed E-state index contributed by atoms with van der Waals surface area (Å²) in [5.41, 5.74) is 1.66. The first-order valence-corrected chi connectivity index (χ1v) is 8.51. The van der Waals surface area contributed by atoms with Crippen LogP contribution in [-0.4, -0.2) is 42.4 Å². The number of carbonyl (C=O) groups excluding carboxylic acids is 1. The van der Waals surface area contributed by atoms with Crippen LogP contribution in [0, 0.1) is 0 Å². The van der Waals surface area contributed by atoms with Gasteiger partial charge in [0.15, 0.2) is 0 Å². The first-order chi connectivity index (χ1) is 11.5. The number of nitrogens with one attached hydrogen (secondary N) is 1. The summed E-state index contributed by atoms with van der Waals surface area (Å²) in [6, 6.07) is 8.07. The molecule has 3 rings (SSSR count). The Labute approximate surface area is 142 Å². The highest BCUT2D eigenvalue weighted by atomic mass is 16.5. The van der Waals surface area contributed by atoms with Gasteiger partial charge >= 0.3 is 0 Å². The molecule has 0 spiro atoms. The van der Waals surface area contributed by atoms with E-state index in [-0.39, 0.29) is 17.6 Å². The molecule has 0 radical (unpaired) electrons. The van der Waals surface area contributed by atoms with Crippen LogP contribution in [0.3, 0.4) is 0 Å². The number of methoxy groups -OCH3 is 1. The van der Waals surface area contributed by atoms with Crippen LogP contribution in [0.15, 0.2) is 30.5 Å². The fraction of sp³-hybridized carbons (Fsp3) is 0.526. The van der Waals surface area contributed by atoms with Crippen LogP contribution in [0.4, 0.5) is 0 Å². The van der Waals surface area contributed by atoms with Crippen LogP contribution in [0.2, 0.25) is 0 Å². The minimum atomic E-state index is -0.168. The highest BCUT2D eigenvalue weighted by Gasteiger charge is 2.29. The molecular weight excluding hydrogens is 304 g/mol. The number of aromatic nitrogens is 1. The zero-order chi connectivity index (χ0) is 17.2. The van der Waals surface area contributed by atoms with Crippen molar-refractivity contribution in [2.45, 2.75) is 44.9 Å². The van der Waals surface area contributed by atoms with E-state index in [4.69, 9.17) is 9.47 Å². The van der Waals surface area contributed by atoms with E-state index in [2.05, 4.69) is 23.7 Å². The monoisotopic (exact) mass is 330 g/mol. The van der Waals surface area contributed by atoms with Gasteiger partial charge < -0.3 is 19.4 Å². The molecule has 1 amide bonds. The van der Waals surface area contributed by atoms with Crippen LogP contribution in [0.1, 0.15) is 37.0 Å². The molecule has 1 fully saturated rings. The predicted molar refractivity (Wildman–Crippen MR) is 94.3 cm³/mol. The molecule has 2 heterocycles. The average Bonchev–Trinajstić information content (AvgIpc) is 2.94. The van der Waals surface area contributed by atoms with Crippen LogP contribution in [0.5, 0.6) is 0 Å². The number of fused-ring (bicyclic) bond motifs is 1. The molecule has 5 heteroatoms. The van der Waals surface area contributed by atoms with Crippen molar-refractivity contribution < 1.29 is 14.3 Å². The van der Waals surface area contributed by atoms with Crippen molar-refractivity contribution in [1.82, 2.24) is 9.88 Å². The normalized spacial score (nSPS) is 20.2. The van der Waals surface area contributed by atoms with Gasteiger partial charge in [-0.2, -0.15) is 0 Å². The summed E-state index contributed by atoms with van der Waals surface area (Å²) in [4.78, 5) is 12.6. The maximum Gasteiger partial charge on any atom is 0.251 e. The van der Waals surface area contributed by atoms with Crippen molar-refractivity contribution >= 4 is 16.8 Å². The Hall–Kier alpha value is -1.85. The van der Waals surface area contributed by atoms with Gasteiger partial charge in [-0.15, -0.1) is 0 Å². The molecule has 0 bridgehead atoms. The van der Waals surface area contributed by atoms with Crippen molar-refractivity contribution in [2.75, 3.05) is 20.3 Å². The van der Waals surface area contributed by atoms with Gasteiger partial charge in [0.1, 0.15) is 0 Å². The Morgan fingerprint density at radius 1 is 1.42 bits per heavy atom. The highest BCUT2D eigenvalue weighted by Crippen LogP contribution is 2.24. The lowest BCUT2D eigenvalue weighted by molar-refractivity contribution is -0.0615. The summed E-state index contributed by atoms with van der Waals surface area (Å²) in [5.74, 6) is -0.00996. The van der Waals surface area contributed by atoms with E-state index >= 15 is 0 Å². The zero-order valence-electron chi connectivity index (χ0n) is 14.7. The van der Waals surface area contributed by atoms with E-state index in [9.17, 15) is 4.79 Å². The second-order valence-electron chi connectivity index (χ2n) is 7.05. The maximum atomic E-state index is 12.6. The number of nitrogens with zero attached hydrogens (tertiary/aromatic N) is 1. The second kappa shape index (κ2) is 6.95. The first-order valence-electron chi connectivity index (χ1n) is 8.51. The quantitative estimate of drug-likeness (QED) is 0.917. The lowest BCUT2D eigenvalue weighted by Gasteiger charge is -2.35.